The largest absolute Gasteiger partial charge is 0.462 e. The third-order valence-electron chi connectivity index (χ3n) is 5.68. The highest BCUT2D eigenvalue weighted by atomic mass is 32.1. The Labute approximate surface area is 196 Å². The number of benzene rings is 2. The van der Waals surface area contributed by atoms with E-state index in [0.29, 0.717) is 12.2 Å². The summed E-state index contributed by atoms with van der Waals surface area (Å²) in [5.41, 5.74) is 4.62. The Morgan fingerprint density at radius 3 is 2.39 bits per heavy atom. The monoisotopic (exact) mass is 462 g/mol. The standard InChI is InChI=1S/C25H26N4O3S/c1-4-31-24(30)20-7-5-18(6-8-20)22-13-26-25-29(22)27-23(33-25)19-9-11-21(12-10-19)28-14-16(2)32-17(3)15-28/h5-13,16-17H,4,14-15H2,1-3H3. The van der Waals surface area contributed by atoms with Crippen LogP contribution in [0.25, 0.3) is 26.8 Å². The van der Waals surface area contributed by atoms with Gasteiger partial charge >= 0.3 is 5.97 Å². The van der Waals surface area contributed by atoms with Crippen LogP contribution in [0, 0.1) is 0 Å². The van der Waals surface area contributed by atoms with Gasteiger partial charge in [-0.25, -0.2) is 14.3 Å². The number of ether oxygens (including phenoxy) is 2. The van der Waals surface area contributed by atoms with Crippen LogP contribution in [0.2, 0.25) is 0 Å². The van der Waals surface area contributed by atoms with E-state index in [1.165, 1.54) is 5.69 Å². The zero-order chi connectivity index (χ0) is 22.9. The second kappa shape index (κ2) is 8.96. The van der Waals surface area contributed by atoms with E-state index in [2.05, 4.69) is 48.0 Å². The zero-order valence-corrected chi connectivity index (χ0v) is 19.7. The summed E-state index contributed by atoms with van der Waals surface area (Å²) in [6, 6.07) is 15.9. The molecule has 0 radical (unpaired) electrons. The number of fused-ring (bicyclic) bond motifs is 1. The lowest BCUT2D eigenvalue weighted by molar-refractivity contribution is -0.00522. The van der Waals surface area contributed by atoms with Crippen molar-refractivity contribution in [2.45, 2.75) is 33.0 Å². The molecular weight excluding hydrogens is 436 g/mol. The molecule has 2 unspecified atom stereocenters. The number of aromatic nitrogens is 3. The number of carbonyl (C=O) groups is 1. The predicted octanol–water partition coefficient (Wildman–Crippen LogP) is 4.92. The summed E-state index contributed by atoms with van der Waals surface area (Å²) >= 11 is 1.56. The first-order valence-corrected chi connectivity index (χ1v) is 12.0. The Bertz CT molecular complexity index is 1250. The molecule has 1 aliphatic heterocycles. The molecule has 2 aromatic heterocycles. The molecule has 0 N–H and O–H groups in total. The van der Waals surface area contributed by atoms with Crippen LogP contribution >= 0.6 is 11.3 Å². The van der Waals surface area contributed by atoms with E-state index in [1.54, 1.807) is 30.4 Å². The molecule has 4 aromatic rings. The minimum atomic E-state index is -0.317. The average Bonchev–Trinajstić information content (AvgIpc) is 3.40. The summed E-state index contributed by atoms with van der Waals surface area (Å²) in [6.45, 7) is 8.18. The van der Waals surface area contributed by atoms with Crippen LogP contribution in [-0.4, -0.2) is 52.5 Å². The lowest BCUT2D eigenvalue weighted by Crippen LogP contribution is -2.45. The number of rotatable bonds is 5. The normalized spacial score (nSPS) is 18.6. The van der Waals surface area contributed by atoms with Crippen LogP contribution in [-0.2, 0) is 9.47 Å². The lowest BCUT2D eigenvalue weighted by Gasteiger charge is -2.36. The Morgan fingerprint density at radius 1 is 1.06 bits per heavy atom. The molecule has 7 nitrogen and oxygen atoms in total. The van der Waals surface area contributed by atoms with Gasteiger partial charge in [-0.05, 0) is 57.2 Å². The van der Waals surface area contributed by atoms with Gasteiger partial charge in [0.1, 0.15) is 5.01 Å². The fourth-order valence-corrected chi connectivity index (χ4v) is 5.08. The van der Waals surface area contributed by atoms with Gasteiger partial charge < -0.3 is 14.4 Å². The fraction of sp³-hybridized carbons (Fsp3) is 0.320. The van der Waals surface area contributed by atoms with Crippen LogP contribution in [0.3, 0.4) is 0 Å². The van der Waals surface area contributed by atoms with Gasteiger partial charge in [-0.1, -0.05) is 23.5 Å². The van der Waals surface area contributed by atoms with Gasteiger partial charge in [-0.2, -0.15) is 5.10 Å². The van der Waals surface area contributed by atoms with Crippen LogP contribution in [0.5, 0.6) is 0 Å². The van der Waals surface area contributed by atoms with Gasteiger partial charge in [0.05, 0.1) is 36.3 Å². The molecule has 33 heavy (non-hydrogen) atoms. The molecule has 5 rings (SSSR count). The van der Waals surface area contributed by atoms with Crippen molar-refractivity contribution in [1.82, 2.24) is 14.6 Å². The number of morpholine rings is 1. The molecule has 1 fully saturated rings. The van der Waals surface area contributed by atoms with Crippen molar-refractivity contribution in [3.8, 4) is 21.8 Å². The van der Waals surface area contributed by atoms with Crippen molar-refractivity contribution in [2.24, 2.45) is 0 Å². The SMILES string of the molecule is CCOC(=O)c1ccc(-c2cnc3sc(-c4ccc(N5CC(C)OC(C)C5)cc4)nn23)cc1. The van der Waals surface area contributed by atoms with Gasteiger partial charge in [0.15, 0.2) is 0 Å². The Hall–Kier alpha value is -3.23. The average molecular weight is 463 g/mol. The third kappa shape index (κ3) is 4.36. The third-order valence-corrected chi connectivity index (χ3v) is 6.65. The maximum Gasteiger partial charge on any atom is 0.338 e. The number of hydrogen-bond acceptors (Lipinski definition) is 7. The van der Waals surface area contributed by atoms with E-state index >= 15 is 0 Å². The summed E-state index contributed by atoms with van der Waals surface area (Å²) in [6.07, 6.45) is 2.26. The highest BCUT2D eigenvalue weighted by molar-refractivity contribution is 7.19. The second-order valence-electron chi connectivity index (χ2n) is 8.25. The van der Waals surface area contributed by atoms with Gasteiger partial charge in [0.25, 0.3) is 0 Å². The fourth-order valence-electron chi connectivity index (χ4n) is 4.20. The van der Waals surface area contributed by atoms with Gasteiger partial charge in [0, 0.05) is 29.9 Å². The molecule has 1 saturated heterocycles. The summed E-state index contributed by atoms with van der Waals surface area (Å²) in [4.78, 5) is 19.7. The van der Waals surface area contributed by atoms with E-state index in [1.807, 2.05) is 22.8 Å². The first-order chi connectivity index (χ1) is 16.0. The molecule has 0 aliphatic carbocycles. The topological polar surface area (TPSA) is 69.0 Å². The molecule has 1 aliphatic rings. The minimum Gasteiger partial charge on any atom is -0.462 e. The number of carbonyl (C=O) groups excluding carboxylic acids is 1. The maximum atomic E-state index is 11.9. The van der Waals surface area contributed by atoms with Crippen LogP contribution in [0.4, 0.5) is 5.69 Å². The molecule has 170 valence electrons. The molecule has 2 atom stereocenters. The van der Waals surface area contributed by atoms with Gasteiger partial charge in [0.2, 0.25) is 4.96 Å². The quantitative estimate of drug-likeness (QED) is 0.392. The van der Waals surface area contributed by atoms with E-state index in [9.17, 15) is 4.79 Å². The molecule has 3 heterocycles. The Morgan fingerprint density at radius 2 is 1.73 bits per heavy atom. The Balaban J connectivity index is 1.38. The molecule has 0 amide bonds. The molecule has 2 aromatic carbocycles. The first-order valence-electron chi connectivity index (χ1n) is 11.1. The summed E-state index contributed by atoms with van der Waals surface area (Å²) in [5, 5.41) is 5.73. The van der Waals surface area contributed by atoms with Gasteiger partial charge in [-0.15, -0.1) is 0 Å². The van der Waals surface area contributed by atoms with E-state index in [-0.39, 0.29) is 18.2 Å². The van der Waals surface area contributed by atoms with Crippen molar-refractivity contribution in [2.75, 3.05) is 24.6 Å². The van der Waals surface area contributed by atoms with Crippen molar-refractivity contribution >= 4 is 28.0 Å². The molecule has 0 saturated carbocycles. The first kappa shape index (κ1) is 21.6. The molecule has 8 heteroatoms. The van der Waals surface area contributed by atoms with Crippen molar-refractivity contribution in [3.63, 3.8) is 0 Å². The van der Waals surface area contributed by atoms with Crippen LogP contribution < -0.4 is 4.90 Å². The molecule has 0 bridgehead atoms. The molecular formula is C25H26N4O3S. The van der Waals surface area contributed by atoms with E-state index < -0.39 is 0 Å². The molecule has 0 spiro atoms. The van der Waals surface area contributed by atoms with Crippen molar-refractivity contribution < 1.29 is 14.3 Å². The lowest BCUT2D eigenvalue weighted by atomic mass is 10.1. The van der Waals surface area contributed by atoms with Crippen molar-refractivity contribution in [1.29, 1.82) is 0 Å². The van der Waals surface area contributed by atoms with Crippen LogP contribution in [0.15, 0.2) is 54.7 Å². The van der Waals surface area contributed by atoms with Gasteiger partial charge in [-0.3, -0.25) is 0 Å². The highest BCUT2D eigenvalue weighted by Crippen LogP contribution is 2.31. The smallest absolute Gasteiger partial charge is 0.338 e. The number of nitrogens with zero attached hydrogens (tertiary/aromatic N) is 4. The Kier molecular flexibility index (Phi) is 5.86. The summed E-state index contributed by atoms with van der Waals surface area (Å²) < 4.78 is 12.8. The van der Waals surface area contributed by atoms with E-state index in [0.717, 1.165) is 39.9 Å². The predicted molar refractivity (Wildman–Crippen MR) is 130 cm³/mol. The number of imidazole rings is 1. The number of hydrogen-bond donors (Lipinski definition) is 0. The van der Waals surface area contributed by atoms with E-state index in [4.69, 9.17) is 14.6 Å². The van der Waals surface area contributed by atoms with Crippen molar-refractivity contribution in [3.05, 3.63) is 60.3 Å². The number of esters is 1. The second-order valence-corrected chi connectivity index (χ2v) is 9.21. The summed E-state index contributed by atoms with van der Waals surface area (Å²) in [5.74, 6) is -0.317. The highest BCUT2D eigenvalue weighted by Gasteiger charge is 2.22. The maximum absolute atomic E-state index is 11.9. The summed E-state index contributed by atoms with van der Waals surface area (Å²) in [7, 11) is 0. The van der Waals surface area contributed by atoms with Crippen LogP contribution in [0.1, 0.15) is 31.1 Å². The zero-order valence-electron chi connectivity index (χ0n) is 18.9. The minimum absolute atomic E-state index is 0.227. The number of anilines is 1.